The van der Waals surface area contributed by atoms with Gasteiger partial charge in [-0.3, -0.25) is 0 Å². The fourth-order valence-electron chi connectivity index (χ4n) is 8.44. The summed E-state index contributed by atoms with van der Waals surface area (Å²) in [7, 11) is 0. The molecule has 0 bridgehead atoms. The van der Waals surface area contributed by atoms with E-state index in [0.29, 0.717) is 5.82 Å². The maximum absolute atomic E-state index is 5.44. The fourth-order valence-corrected chi connectivity index (χ4v) is 8.44. The molecule has 3 heterocycles. The summed E-state index contributed by atoms with van der Waals surface area (Å²) in [6.45, 7) is 0. The van der Waals surface area contributed by atoms with Crippen molar-refractivity contribution in [3.8, 4) is 89.8 Å². The van der Waals surface area contributed by atoms with Crippen LogP contribution >= 0.6 is 0 Å². The van der Waals surface area contributed by atoms with Crippen molar-refractivity contribution in [1.82, 2.24) is 19.6 Å². The number of rotatable bonds is 8. The number of hydrogen-bond acceptors (Lipinski definition) is 3. The Kier molecular flexibility index (Phi) is 9.14. The van der Waals surface area contributed by atoms with Crippen LogP contribution in [-0.2, 0) is 0 Å². The minimum Gasteiger partial charge on any atom is -0.231 e. The topological polar surface area (TPSA) is 43.1 Å². The summed E-state index contributed by atoms with van der Waals surface area (Å²) in [6.07, 6.45) is 0. The molecular weight excluding hydrogens is 741 g/mol. The predicted molar refractivity (Wildman–Crippen MR) is 252 cm³/mol. The van der Waals surface area contributed by atoms with Crippen LogP contribution in [-0.4, -0.2) is 19.6 Å². The quantitative estimate of drug-likeness (QED) is 0.154. The van der Waals surface area contributed by atoms with Crippen molar-refractivity contribution < 1.29 is 0 Å². The zero-order valence-corrected chi connectivity index (χ0v) is 33.2. The van der Waals surface area contributed by atoms with E-state index >= 15 is 0 Å². The standard InChI is InChI=1S/C57H38N4/c1-6-17-39(18-7-1)41-29-33-43(34-30-41)51-38-52(44-35-31-42(32-36-44)40-19-8-2-9-20-40)59-57(58-51)49-28-16-27-48-50(49)37-53(45-21-10-3-11-22-45)61-56(48)54(46-23-12-4-13-24-46)55(60-61)47-25-14-5-15-26-47/h1-38H. The zero-order valence-electron chi connectivity index (χ0n) is 33.2. The van der Waals surface area contributed by atoms with Gasteiger partial charge in [-0.1, -0.05) is 218 Å². The second-order valence-corrected chi connectivity index (χ2v) is 15.2. The zero-order chi connectivity index (χ0) is 40.5. The van der Waals surface area contributed by atoms with Gasteiger partial charge in [0.1, 0.15) is 5.69 Å². The van der Waals surface area contributed by atoms with Gasteiger partial charge in [0.2, 0.25) is 0 Å². The molecule has 0 aliphatic rings. The Bertz CT molecular complexity index is 3190. The molecule has 0 spiro atoms. The Morgan fingerprint density at radius 1 is 0.311 bits per heavy atom. The van der Waals surface area contributed by atoms with Crippen LogP contribution in [0, 0.1) is 0 Å². The molecule has 11 aromatic rings. The summed E-state index contributed by atoms with van der Waals surface area (Å²) in [5, 5.41) is 7.56. The van der Waals surface area contributed by atoms with E-state index in [-0.39, 0.29) is 0 Å². The van der Waals surface area contributed by atoms with Gasteiger partial charge in [-0.25, -0.2) is 14.5 Å². The van der Waals surface area contributed by atoms with Gasteiger partial charge in [0, 0.05) is 38.8 Å². The van der Waals surface area contributed by atoms with E-state index in [9.17, 15) is 0 Å². The highest BCUT2D eigenvalue weighted by Gasteiger charge is 2.23. The lowest BCUT2D eigenvalue weighted by Gasteiger charge is -2.15. The van der Waals surface area contributed by atoms with Gasteiger partial charge < -0.3 is 0 Å². The first-order chi connectivity index (χ1) is 30.2. The van der Waals surface area contributed by atoms with Gasteiger partial charge in [-0.15, -0.1) is 0 Å². The van der Waals surface area contributed by atoms with Crippen molar-refractivity contribution in [3.05, 3.63) is 231 Å². The molecule has 0 saturated heterocycles. The van der Waals surface area contributed by atoms with Crippen molar-refractivity contribution in [2.24, 2.45) is 0 Å². The highest BCUT2D eigenvalue weighted by molar-refractivity contribution is 6.12. The maximum Gasteiger partial charge on any atom is 0.161 e. The lowest BCUT2D eigenvalue weighted by molar-refractivity contribution is 0.979. The first kappa shape index (κ1) is 35.9. The smallest absolute Gasteiger partial charge is 0.161 e. The van der Waals surface area contributed by atoms with Gasteiger partial charge in [0.05, 0.1) is 22.6 Å². The molecule has 4 nitrogen and oxygen atoms in total. The van der Waals surface area contributed by atoms with E-state index in [1.165, 1.54) is 11.1 Å². The van der Waals surface area contributed by atoms with E-state index in [2.05, 4.69) is 223 Å². The molecule has 4 heteroatoms. The summed E-state index contributed by atoms with van der Waals surface area (Å²) in [4.78, 5) is 10.8. The first-order valence-corrected chi connectivity index (χ1v) is 20.6. The van der Waals surface area contributed by atoms with Gasteiger partial charge in [-0.2, -0.15) is 5.10 Å². The molecule has 0 radical (unpaired) electrons. The number of nitrogens with zero attached hydrogens (tertiary/aromatic N) is 4. The van der Waals surface area contributed by atoms with Crippen LogP contribution in [0.5, 0.6) is 0 Å². The third kappa shape index (κ3) is 6.76. The first-order valence-electron chi connectivity index (χ1n) is 20.6. The van der Waals surface area contributed by atoms with E-state index in [4.69, 9.17) is 15.1 Å². The highest BCUT2D eigenvalue weighted by atomic mass is 15.2. The van der Waals surface area contributed by atoms with E-state index in [0.717, 1.165) is 89.1 Å². The second kappa shape index (κ2) is 15.5. The van der Waals surface area contributed by atoms with E-state index in [1.54, 1.807) is 0 Å². The Hall–Kier alpha value is -8.21. The molecule has 0 unspecified atom stereocenters. The molecule has 0 amide bonds. The van der Waals surface area contributed by atoms with Gasteiger partial charge in [-0.05, 0) is 45.3 Å². The van der Waals surface area contributed by atoms with Crippen molar-refractivity contribution in [2.45, 2.75) is 0 Å². The van der Waals surface area contributed by atoms with Crippen molar-refractivity contribution in [2.75, 3.05) is 0 Å². The molecule has 0 atom stereocenters. The number of benzene rings is 8. The van der Waals surface area contributed by atoms with Crippen LogP contribution in [0.25, 0.3) is 106 Å². The summed E-state index contributed by atoms with van der Waals surface area (Å²) in [5.41, 5.74) is 16.6. The number of aromatic nitrogens is 4. The number of fused-ring (bicyclic) bond motifs is 3. The summed E-state index contributed by atoms with van der Waals surface area (Å²) < 4.78 is 2.14. The lowest BCUT2D eigenvalue weighted by Crippen LogP contribution is -1.99. The molecule has 61 heavy (non-hydrogen) atoms. The molecule has 286 valence electrons. The van der Waals surface area contributed by atoms with E-state index < -0.39 is 0 Å². The monoisotopic (exact) mass is 778 g/mol. The molecular formula is C57H38N4. The molecule has 0 fully saturated rings. The molecule has 11 rings (SSSR count). The summed E-state index contributed by atoms with van der Waals surface area (Å²) in [6, 6.07) is 80.9. The van der Waals surface area contributed by atoms with Gasteiger partial charge in [0.15, 0.2) is 5.82 Å². The summed E-state index contributed by atoms with van der Waals surface area (Å²) in [5.74, 6) is 0.657. The van der Waals surface area contributed by atoms with E-state index in [1.807, 2.05) is 12.1 Å². The van der Waals surface area contributed by atoms with Crippen LogP contribution in [0.1, 0.15) is 0 Å². The van der Waals surface area contributed by atoms with Crippen LogP contribution in [0.2, 0.25) is 0 Å². The molecule has 0 aliphatic heterocycles. The maximum atomic E-state index is 5.44. The lowest BCUT2D eigenvalue weighted by atomic mass is 9.95. The van der Waals surface area contributed by atoms with Gasteiger partial charge in [0.25, 0.3) is 0 Å². The van der Waals surface area contributed by atoms with Crippen LogP contribution in [0.4, 0.5) is 0 Å². The number of hydrogen-bond donors (Lipinski definition) is 0. The SMILES string of the molecule is c1ccc(-c2ccc(-c3cc(-c4ccc(-c5ccccc5)cc4)nc(-c4cccc5c4cc(-c4ccccc4)n4nc(-c6ccccc6)c(-c6ccccc6)c54)n3)cc2)cc1. The average Bonchev–Trinajstić information content (AvgIpc) is 3.76. The Balaban J connectivity index is 1.16. The third-order valence-corrected chi connectivity index (χ3v) is 11.5. The largest absolute Gasteiger partial charge is 0.231 e. The van der Waals surface area contributed by atoms with Crippen molar-refractivity contribution in [3.63, 3.8) is 0 Å². The average molecular weight is 779 g/mol. The van der Waals surface area contributed by atoms with Crippen LogP contribution in [0.15, 0.2) is 231 Å². The van der Waals surface area contributed by atoms with Crippen LogP contribution < -0.4 is 0 Å². The molecule has 0 saturated carbocycles. The Morgan fingerprint density at radius 2 is 0.738 bits per heavy atom. The van der Waals surface area contributed by atoms with Gasteiger partial charge >= 0.3 is 0 Å². The minimum atomic E-state index is 0.657. The Morgan fingerprint density at radius 3 is 1.25 bits per heavy atom. The second-order valence-electron chi connectivity index (χ2n) is 15.2. The minimum absolute atomic E-state index is 0.657. The Labute approximate surface area is 354 Å². The highest BCUT2D eigenvalue weighted by Crippen LogP contribution is 2.43. The third-order valence-electron chi connectivity index (χ3n) is 11.5. The fraction of sp³-hybridized carbons (Fsp3) is 0. The molecule has 0 aliphatic carbocycles. The normalized spacial score (nSPS) is 11.3. The van der Waals surface area contributed by atoms with Crippen molar-refractivity contribution in [1.29, 1.82) is 0 Å². The predicted octanol–water partition coefficient (Wildman–Crippen LogP) is 14.6. The molecule has 8 aromatic carbocycles. The van der Waals surface area contributed by atoms with Crippen LogP contribution in [0.3, 0.4) is 0 Å². The molecule has 0 N–H and O–H groups in total. The summed E-state index contributed by atoms with van der Waals surface area (Å²) >= 11 is 0. The molecule has 3 aromatic heterocycles. The number of pyridine rings is 1. The van der Waals surface area contributed by atoms with Crippen molar-refractivity contribution >= 4 is 16.3 Å².